The van der Waals surface area contributed by atoms with E-state index in [0.29, 0.717) is 30.6 Å². The number of hydrogen-bond acceptors (Lipinski definition) is 4. The number of likely N-dealkylation sites (tertiary alicyclic amines) is 1. The Morgan fingerprint density at radius 1 is 1.21 bits per heavy atom. The smallest absolute Gasteiger partial charge is 0.228 e. The number of piperidine rings is 1. The molecule has 8 heteroatoms. The van der Waals surface area contributed by atoms with Crippen LogP contribution in [-0.2, 0) is 22.6 Å². The second-order valence-corrected chi connectivity index (χ2v) is 7.29. The van der Waals surface area contributed by atoms with Gasteiger partial charge in [0.15, 0.2) is 11.6 Å². The molecule has 1 aliphatic heterocycles. The first kappa shape index (κ1) is 20.8. The number of carbonyl (C=O) groups excluding carboxylic acids is 2. The molecule has 0 spiro atoms. The molecule has 0 aliphatic carbocycles. The van der Waals surface area contributed by atoms with E-state index in [0.717, 1.165) is 31.5 Å². The number of nitrogens with zero attached hydrogens (tertiary/aromatic N) is 3. The van der Waals surface area contributed by atoms with E-state index in [1.807, 2.05) is 4.90 Å². The Balaban J connectivity index is 1.41. The lowest BCUT2D eigenvalue weighted by atomic mass is 9.93. The average Bonchev–Trinajstić information content (AvgIpc) is 2.74. The summed E-state index contributed by atoms with van der Waals surface area (Å²) in [6, 6.07) is 3.57. The minimum absolute atomic E-state index is 0.0259. The summed E-state index contributed by atoms with van der Waals surface area (Å²) >= 11 is 0. The lowest BCUT2D eigenvalue weighted by molar-refractivity contribution is -0.132. The van der Waals surface area contributed by atoms with Crippen LogP contribution in [0.25, 0.3) is 0 Å². The molecule has 29 heavy (non-hydrogen) atoms. The molecule has 2 amide bonds. The van der Waals surface area contributed by atoms with Crippen molar-refractivity contribution in [2.24, 2.45) is 5.92 Å². The summed E-state index contributed by atoms with van der Waals surface area (Å²) in [4.78, 5) is 34.5. The number of rotatable bonds is 7. The number of benzene rings is 1. The predicted octanol–water partition coefficient (Wildman–Crippen LogP) is 2.63. The van der Waals surface area contributed by atoms with Gasteiger partial charge in [-0.1, -0.05) is 6.07 Å². The highest BCUT2D eigenvalue weighted by atomic mass is 19.2. The number of aromatic nitrogens is 2. The second kappa shape index (κ2) is 10.0. The highest BCUT2D eigenvalue weighted by Crippen LogP contribution is 2.21. The molecular weight excluding hydrogens is 378 g/mol. The third-order valence-electron chi connectivity index (χ3n) is 5.07. The molecule has 1 aromatic carbocycles. The molecule has 3 rings (SSSR count). The lowest BCUT2D eigenvalue weighted by Gasteiger charge is -2.32. The minimum atomic E-state index is -0.926. The Hall–Kier alpha value is -2.90. The van der Waals surface area contributed by atoms with E-state index >= 15 is 0 Å². The largest absolute Gasteiger partial charge is 0.352 e. The Morgan fingerprint density at radius 3 is 2.83 bits per heavy atom. The van der Waals surface area contributed by atoms with E-state index in [4.69, 9.17) is 0 Å². The van der Waals surface area contributed by atoms with E-state index in [1.165, 1.54) is 6.07 Å². The van der Waals surface area contributed by atoms with E-state index in [2.05, 4.69) is 15.3 Å². The Morgan fingerprint density at radius 2 is 2.07 bits per heavy atom. The van der Waals surface area contributed by atoms with Gasteiger partial charge < -0.3 is 10.2 Å². The molecule has 1 N–H and O–H groups in total. The fourth-order valence-electron chi connectivity index (χ4n) is 3.49. The van der Waals surface area contributed by atoms with Crippen LogP contribution in [0.15, 0.2) is 36.8 Å². The summed E-state index contributed by atoms with van der Waals surface area (Å²) in [6.07, 6.45) is 7.87. The van der Waals surface area contributed by atoms with Crippen LogP contribution in [0.1, 0.15) is 36.9 Å². The first-order valence-corrected chi connectivity index (χ1v) is 9.74. The molecule has 2 aromatic rings. The molecule has 1 atom stereocenters. The van der Waals surface area contributed by atoms with Crippen molar-refractivity contribution in [2.45, 2.75) is 38.6 Å². The van der Waals surface area contributed by atoms with Crippen LogP contribution in [0.3, 0.4) is 0 Å². The van der Waals surface area contributed by atoms with Crippen molar-refractivity contribution < 1.29 is 18.4 Å². The number of carbonyl (C=O) groups is 2. The van der Waals surface area contributed by atoms with Crippen molar-refractivity contribution in [3.63, 3.8) is 0 Å². The van der Waals surface area contributed by atoms with Gasteiger partial charge in [-0.25, -0.2) is 8.78 Å². The maximum atomic E-state index is 13.2. The van der Waals surface area contributed by atoms with E-state index in [-0.39, 0.29) is 30.7 Å². The standard InChI is InChI=1S/C21H24F2N4O2/c22-18-5-3-16(10-19(18)23)12-26-20(28)6-4-15-2-1-9-27(14-15)21(29)11-17-13-24-7-8-25-17/h3,5,7-8,10,13,15H,1-2,4,6,9,11-12,14H2,(H,26,28)/t15-/m0/s1. The maximum Gasteiger partial charge on any atom is 0.228 e. The molecular formula is C21H24F2N4O2. The zero-order chi connectivity index (χ0) is 20.6. The molecule has 1 fully saturated rings. The van der Waals surface area contributed by atoms with Gasteiger partial charge in [-0.3, -0.25) is 19.6 Å². The molecule has 1 saturated heterocycles. The van der Waals surface area contributed by atoms with Gasteiger partial charge in [-0.15, -0.1) is 0 Å². The van der Waals surface area contributed by atoms with Crippen LogP contribution >= 0.6 is 0 Å². The summed E-state index contributed by atoms with van der Waals surface area (Å²) in [6.45, 7) is 1.51. The summed E-state index contributed by atoms with van der Waals surface area (Å²) in [5.74, 6) is -1.68. The van der Waals surface area contributed by atoms with Gasteiger partial charge in [-0.05, 0) is 42.9 Å². The highest BCUT2D eigenvalue weighted by Gasteiger charge is 2.24. The lowest BCUT2D eigenvalue weighted by Crippen LogP contribution is -2.41. The molecule has 0 unspecified atom stereocenters. The summed E-state index contributed by atoms with van der Waals surface area (Å²) < 4.78 is 26.1. The third-order valence-corrected chi connectivity index (χ3v) is 5.07. The molecule has 2 heterocycles. The van der Waals surface area contributed by atoms with Gasteiger partial charge in [0.25, 0.3) is 0 Å². The maximum absolute atomic E-state index is 13.2. The topological polar surface area (TPSA) is 75.2 Å². The Bertz CT molecular complexity index is 848. The fourth-order valence-corrected chi connectivity index (χ4v) is 3.49. The summed E-state index contributed by atoms with van der Waals surface area (Å²) in [5, 5.41) is 2.73. The van der Waals surface area contributed by atoms with Crippen molar-refractivity contribution in [1.29, 1.82) is 0 Å². The van der Waals surface area contributed by atoms with Crippen LogP contribution < -0.4 is 5.32 Å². The van der Waals surface area contributed by atoms with Crippen molar-refractivity contribution in [2.75, 3.05) is 13.1 Å². The number of hydrogen-bond donors (Lipinski definition) is 1. The SMILES string of the molecule is O=C(CC[C@@H]1CCCN(C(=O)Cc2cnccn2)C1)NCc1ccc(F)c(F)c1. The van der Waals surface area contributed by atoms with Crippen LogP contribution in [0.2, 0.25) is 0 Å². The first-order chi connectivity index (χ1) is 14.0. The number of amides is 2. The number of halogens is 2. The molecule has 154 valence electrons. The monoisotopic (exact) mass is 402 g/mol. The molecule has 1 aromatic heterocycles. The van der Waals surface area contributed by atoms with Crippen LogP contribution in [0.4, 0.5) is 8.78 Å². The van der Waals surface area contributed by atoms with Gasteiger partial charge >= 0.3 is 0 Å². The Kier molecular flexibility index (Phi) is 7.21. The predicted molar refractivity (Wildman–Crippen MR) is 102 cm³/mol. The van der Waals surface area contributed by atoms with Gasteiger partial charge in [-0.2, -0.15) is 0 Å². The summed E-state index contributed by atoms with van der Waals surface area (Å²) in [5.41, 5.74) is 1.16. The van der Waals surface area contributed by atoms with Crippen molar-refractivity contribution in [3.8, 4) is 0 Å². The quantitative estimate of drug-likeness (QED) is 0.773. The van der Waals surface area contributed by atoms with Crippen molar-refractivity contribution in [1.82, 2.24) is 20.2 Å². The van der Waals surface area contributed by atoms with E-state index < -0.39 is 11.6 Å². The van der Waals surface area contributed by atoms with Crippen LogP contribution in [-0.4, -0.2) is 39.8 Å². The van der Waals surface area contributed by atoms with Crippen LogP contribution in [0, 0.1) is 17.6 Å². The molecule has 6 nitrogen and oxygen atoms in total. The van der Waals surface area contributed by atoms with Crippen molar-refractivity contribution in [3.05, 3.63) is 59.7 Å². The summed E-state index contributed by atoms with van der Waals surface area (Å²) in [7, 11) is 0. The zero-order valence-electron chi connectivity index (χ0n) is 16.1. The molecule has 0 saturated carbocycles. The van der Waals surface area contributed by atoms with E-state index in [9.17, 15) is 18.4 Å². The Labute approximate surface area is 168 Å². The van der Waals surface area contributed by atoms with Crippen LogP contribution in [0.5, 0.6) is 0 Å². The molecule has 0 radical (unpaired) electrons. The molecule has 0 bridgehead atoms. The minimum Gasteiger partial charge on any atom is -0.352 e. The van der Waals surface area contributed by atoms with E-state index in [1.54, 1.807) is 18.6 Å². The fraction of sp³-hybridized carbons (Fsp3) is 0.429. The van der Waals surface area contributed by atoms with Crippen molar-refractivity contribution >= 4 is 11.8 Å². The first-order valence-electron chi connectivity index (χ1n) is 9.74. The van der Waals surface area contributed by atoms with Gasteiger partial charge in [0.2, 0.25) is 11.8 Å². The van der Waals surface area contributed by atoms with Gasteiger partial charge in [0.1, 0.15) is 0 Å². The zero-order valence-corrected chi connectivity index (χ0v) is 16.1. The molecule has 1 aliphatic rings. The number of nitrogens with one attached hydrogen (secondary N) is 1. The highest BCUT2D eigenvalue weighted by molar-refractivity contribution is 5.78. The van der Waals surface area contributed by atoms with Gasteiger partial charge in [0, 0.05) is 44.6 Å². The second-order valence-electron chi connectivity index (χ2n) is 7.29. The van der Waals surface area contributed by atoms with Gasteiger partial charge in [0.05, 0.1) is 12.1 Å². The average molecular weight is 402 g/mol. The third kappa shape index (κ3) is 6.30. The normalized spacial score (nSPS) is 16.5.